The van der Waals surface area contributed by atoms with Crippen molar-refractivity contribution in [1.29, 1.82) is 0 Å². The van der Waals surface area contributed by atoms with E-state index in [1.165, 1.54) is 38.5 Å². The predicted octanol–water partition coefficient (Wildman–Crippen LogP) is 2.77. The van der Waals surface area contributed by atoms with Crippen molar-refractivity contribution < 1.29 is 9.53 Å². The van der Waals surface area contributed by atoms with Crippen molar-refractivity contribution >= 4 is 5.97 Å². The standard InChI is InChI=1S/C14H25NO2/c1-2-17-12(16)11-14(15)9-7-13(8-10-14)5-3-4-6-13/h2-11,15H2,1H3. The lowest BCUT2D eigenvalue weighted by atomic mass is 9.66. The van der Waals surface area contributed by atoms with Gasteiger partial charge in [-0.1, -0.05) is 12.8 Å². The van der Waals surface area contributed by atoms with Crippen LogP contribution in [0.4, 0.5) is 0 Å². The second kappa shape index (κ2) is 4.97. The normalized spacial score (nSPS) is 26.0. The van der Waals surface area contributed by atoms with Gasteiger partial charge in [-0.3, -0.25) is 4.79 Å². The van der Waals surface area contributed by atoms with Crippen molar-refractivity contribution in [2.75, 3.05) is 6.61 Å². The van der Waals surface area contributed by atoms with E-state index in [0.29, 0.717) is 18.4 Å². The fourth-order valence-corrected chi connectivity index (χ4v) is 3.58. The molecule has 2 fully saturated rings. The molecule has 2 aliphatic carbocycles. The Morgan fingerprint density at radius 2 is 1.71 bits per heavy atom. The summed E-state index contributed by atoms with van der Waals surface area (Å²) in [6, 6.07) is 0. The molecule has 3 heteroatoms. The van der Waals surface area contributed by atoms with Gasteiger partial charge in [-0.05, 0) is 50.9 Å². The van der Waals surface area contributed by atoms with E-state index >= 15 is 0 Å². The average Bonchev–Trinajstić information content (AvgIpc) is 2.73. The van der Waals surface area contributed by atoms with Crippen LogP contribution in [-0.4, -0.2) is 18.1 Å². The Hall–Kier alpha value is -0.570. The minimum atomic E-state index is -0.292. The molecule has 0 aromatic rings. The molecule has 3 nitrogen and oxygen atoms in total. The topological polar surface area (TPSA) is 52.3 Å². The maximum atomic E-state index is 11.5. The Labute approximate surface area is 104 Å². The number of ether oxygens (including phenoxy) is 1. The maximum absolute atomic E-state index is 11.5. The molecule has 98 valence electrons. The van der Waals surface area contributed by atoms with Gasteiger partial charge in [-0.15, -0.1) is 0 Å². The summed E-state index contributed by atoms with van der Waals surface area (Å²) in [6.45, 7) is 2.30. The molecule has 0 heterocycles. The largest absolute Gasteiger partial charge is 0.466 e. The first kappa shape index (κ1) is 12.9. The first-order valence-electron chi connectivity index (χ1n) is 7.02. The molecule has 0 amide bonds. The van der Waals surface area contributed by atoms with Gasteiger partial charge in [-0.2, -0.15) is 0 Å². The van der Waals surface area contributed by atoms with Gasteiger partial charge in [0.25, 0.3) is 0 Å². The van der Waals surface area contributed by atoms with Gasteiger partial charge in [0.1, 0.15) is 0 Å². The van der Waals surface area contributed by atoms with Gasteiger partial charge in [0.05, 0.1) is 13.0 Å². The molecule has 0 unspecified atom stereocenters. The Bertz CT molecular complexity index is 272. The third kappa shape index (κ3) is 3.01. The van der Waals surface area contributed by atoms with Gasteiger partial charge in [0.15, 0.2) is 0 Å². The molecule has 0 radical (unpaired) electrons. The van der Waals surface area contributed by atoms with Crippen LogP contribution in [0.1, 0.15) is 64.7 Å². The summed E-state index contributed by atoms with van der Waals surface area (Å²) in [6.07, 6.45) is 10.3. The lowest BCUT2D eigenvalue weighted by Crippen LogP contribution is -2.47. The lowest BCUT2D eigenvalue weighted by molar-refractivity contribution is -0.145. The number of nitrogens with two attached hydrogens (primary N) is 1. The molecule has 0 bridgehead atoms. The quantitative estimate of drug-likeness (QED) is 0.770. The van der Waals surface area contributed by atoms with E-state index in [4.69, 9.17) is 10.5 Å². The van der Waals surface area contributed by atoms with Crippen LogP contribution in [0.15, 0.2) is 0 Å². The van der Waals surface area contributed by atoms with E-state index in [1.807, 2.05) is 6.92 Å². The molecule has 1 spiro atoms. The third-order valence-corrected chi connectivity index (χ3v) is 4.77. The number of rotatable bonds is 3. The van der Waals surface area contributed by atoms with Crippen LogP contribution in [0.25, 0.3) is 0 Å². The second-order valence-electron chi connectivity index (χ2n) is 6.05. The zero-order valence-corrected chi connectivity index (χ0v) is 11.0. The Kier molecular flexibility index (Phi) is 3.76. The second-order valence-corrected chi connectivity index (χ2v) is 6.05. The fourth-order valence-electron chi connectivity index (χ4n) is 3.58. The third-order valence-electron chi connectivity index (χ3n) is 4.77. The molecular formula is C14H25NO2. The van der Waals surface area contributed by atoms with Crippen LogP contribution in [-0.2, 0) is 9.53 Å². The summed E-state index contributed by atoms with van der Waals surface area (Å²) in [5, 5.41) is 0. The van der Waals surface area contributed by atoms with E-state index in [0.717, 1.165) is 12.8 Å². The summed E-state index contributed by atoms with van der Waals surface area (Å²) >= 11 is 0. The Morgan fingerprint density at radius 3 is 2.24 bits per heavy atom. The van der Waals surface area contributed by atoms with Crippen LogP contribution < -0.4 is 5.73 Å². The van der Waals surface area contributed by atoms with Gasteiger partial charge >= 0.3 is 5.97 Å². The molecule has 0 saturated heterocycles. The molecule has 0 atom stereocenters. The first-order valence-corrected chi connectivity index (χ1v) is 7.02. The summed E-state index contributed by atoms with van der Waals surface area (Å²) in [5.41, 5.74) is 6.63. The van der Waals surface area contributed by atoms with Crippen molar-refractivity contribution in [1.82, 2.24) is 0 Å². The van der Waals surface area contributed by atoms with E-state index in [9.17, 15) is 4.79 Å². The SMILES string of the molecule is CCOC(=O)CC1(N)CCC2(CCCC2)CC1. The molecular weight excluding hydrogens is 214 g/mol. The van der Waals surface area contributed by atoms with Gasteiger partial charge in [-0.25, -0.2) is 0 Å². The van der Waals surface area contributed by atoms with Crippen LogP contribution in [0, 0.1) is 5.41 Å². The highest BCUT2D eigenvalue weighted by Crippen LogP contribution is 2.51. The number of hydrogen-bond acceptors (Lipinski definition) is 3. The van der Waals surface area contributed by atoms with Crippen LogP contribution in [0.3, 0.4) is 0 Å². The van der Waals surface area contributed by atoms with Crippen LogP contribution in [0.5, 0.6) is 0 Å². The minimum absolute atomic E-state index is 0.127. The smallest absolute Gasteiger partial charge is 0.307 e. The highest BCUT2D eigenvalue weighted by molar-refractivity contribution is 5.70. The first-order chi connectivity index (χ1) is 8.08. The molecule has 0 aliphatic heterocycles. The Balaban J connectivity index is 1.86. The van der Waals surface area contributed by atoms with Gasteiger partial charge in [0, 0.05) is 5.54 Å². The summed E-state index contributed by atoms with van der Waals surface area (Å²) < 4.78 is 5.01. The average molecular weight is 239 g/mol. The number of hydrogen-bond donors (Lipinski definition) is 1. The van der Waals surface area contributed by atoms with E-state index < -0.39 is 0 Å². The fraction of sp³-hybridized carbons (Fsp3) is 0.929. The van der Waals surface area contributed by atoms with E-state index in [2.05, 4.69) is 0 Å². The van der Waals surface area contributed by atoms with Crippen molar-refractivity contribution in [3.8, 4) is 0 Å². The van der Waals surface area contributed by atoms with Crippen molar-refractivity contribution in [3.63, 3.8) is 0 Å². The minimum Gasteiger partial charge on any atom is -0.466 e. The molecule has 0 aromatic carbocycles. The number of carbonyl (C=O) groups excluding carboxylic acids is 1. The molecule has 2 N–H and O–H groups in total. The van der Waals surface area contributed by atoms with Crippen molar-refractivity contribution in [2.45, 2.75) is 70.3 Å². The van der Waals surface area contributed by atoms with Crippen LogP contribution in [0.2, 0.25) is 0 Å². The molecule has 0 aromatic heterocycles. The summed E-state index contributed by atoms with van der Waals surface area (Å²) in [4.78, 5) is 11.5. The molecule has 17 heavy (non-hydrogen) atoms. The molecule has 2 aliphatic rings. The monoisotopic (exact) mass is 239 g/mol. The van der Waals surface area contributed by atoms with E-state index in [1.54, 1.807) is 0 Å². The van der Waals surface area contributed by atoms with Crippen LogP contribution >= 0.6 is 0 Å². The lowest BCUT2D eigenvalue weighted by Gasteiger charge is -2.42. The number of esters is 1. The zero-order valence-electron chi connectivity index (χ0n) is 11.0. The number of carbonyl (C=O) groups is 1. The predicted molar refractivity (Wildman–Crippen MR) is 67.5 cm³/mol. The van der Waals surface area contributed by atoms with Gasteiger partial charge < -0.3 is 10.5 Å². The summed E-state index contributed by atoms with van der Waals surface area (Å²) in [7, 11) is 0. The Morgan fingerprint density at radius 1 is 1.12 bits per heavy atom. The van der Waals surface area contributed by atoms with Crippen molar-refractivity contribution in [2.24, 2.45) is 11.1 Å². The summed E-state index contributed by atoms with van der Waals surface area (Å²) in [5.74, 6) is -0.127. The maximum Gasteiger partial charge on any atom is 0.307 e. The highest BCUT2D eigenvalue weighted by atomic mass is 16.5. The van der Waals surface area contributed by atoms with E-state index in [-0.39, 0.29) is 11.5 Å². The molecule has 2 rings (SSSR count). The van der Waals surface area contributed by atoms with Crippen molar-refractivity contribution in [3.05, 3.63) is 0 Å². The zero-order chi connectivity index (χ0) is 12.4. The van der Waals surface area contributed by atoms with Gasteiger partial charge in [0.2, 0.25) is 0 Å². The highest BCUT2D eigenvalue weighted by Gasteiger charge is 2.43. The molecule has 2 saturated carbocycles.